The van der Waals surface area contributed by atoms with Gasteiger partial charge in [0.1, 0.15) is 0 Å². The summed E-state index contributed by atoms with van der Waals surface area (Å²) in [7, 11) is 1.85. The summed E-state index contributed by atoms with van der Waals surface area (Å²) in [5.41, 5.74) is 0.892. The van der Waals surface area contributed by atoms with Gasteiger partial charge in [-0.3, -0.25) is 4.79 Å². The van der Waals surface area contributed by atoms with Gasteiger partial charge in [0, 0.05) is 19.2 Å². The first-order chi connectivity index (χ1) is 6.90. The molecular weight excluding hydrogens is 186 g/mol. The van der Waals surface area contributed by atoms with Crippen molar-refractivity contribution in [2.45, 2.75) is 20.8 Å². The number of carbonyl (C=O) groups excluding carboxylic acids is 1. The second-order valence-corrected chi connectivity index (χ2v) is 5.09. The van der Waals surface area contributed by atoms with Crippen molar-refractivity contribution in [2.24, 2.45) is 5.41 Å². The van der Waals surface area contributed by atoms with Crippen molar-refractivity contribution in [3.8, 4) is 0 Å². The number of carbonyl (C=O) groups is 1. The average molecular weight is 205 g/mol. The van der Waals surface area contributed by atoms with E-state index in [0.29, 0.717) is 0 Å². The minimum Gasteiger partial charge on any atom is -0.341 e. The van der Waals surface area contributed by atoms with E-state index in [0.717, 1.165) is 12.1 Å². The first kappa shape index (κ1) is 11.8. The Balaban J connectivity index is 2.70. The summed E-state index contributed by atoms with van der Waals surface area (Å²) in [5.74, 6) is 0.0884. The lowest BCUT2D eigenvalue weighted by Gasteiger charge is -2.26. The zero-order chi connectivity index (χ0) is 11.5. The summed E-state index contributed by atoms with van der Waals surface area (Å²) in [5, 5.41) is 0. The molecule has 0 saturated carbocycles. The lowest BCUT2D eigenvalue weighted by atomic mass is 9.96. The van der Waals surface area contributed by atoms with Gasteiger partial charge in [0.15, 0.2) is 0 Å². The summed E-state index contributed by atoms with van der Waals surface area (Å²) >= 11 is 0. The van der Waals surface area contributed by atoms with Gasteiger partial charge in [-0.1, -0.05) is 39.0 Å². The van der Waals surface area contributed by atoms with Gasteiger partial charge in [-0.25, -0.2) is 0 Å². The molecule has 0 aliphatic rings. The molecule has 0 fully saturated rings. The highest BCUT2D eigenvalue weighted by atomic mass is 16.2. The molecule has 0 bridgehead atoms. The Hall–Kier alpha value is -1.31. The average Bonchev–Trinajstić information content (AvgIpc) is 2.15. The molecule has 1 aromatic rings. The van der Waals surface area contributed by atoms with Crippen molar-refractivity contribution in [1.29, 1.82) is 0 Å². The largest absolute Gasteiger partial charge is 0.341 e. The lowest BCUT2D eigenvalue weighted by molar-refractivity contribution is 0.0745. The molecule has 0 N–H and O–H groups in total. The molecule has 82 valence electrons. The highest BCUT2D eigenvalue weighted by Gasteiger charge is 2.18. The van der Waals surface area contributed by atoms with Gasteiger partial charge in [-0.2, -0.15) is 0 Å². The zero-order valence-corrected chi connectivity index (χ0v) is 9.95. The van der Waals surface area contributed by atoms with Crippen LogP contribution in [0.4, 0.5) is 0 Å². The second-order valence-electron chi connectivity index (χ2n) is 5.09. The van der Waals surface area contributed by atoms with Crippen LogP contribution in [0.15, 0.2) is 30.3 Å². The van der Waals surface area contributed by atoms with Crippen LogP contribution in [-0.4, -0.2) is 24.4 Å². The van der Waals surface area contributed by atoms with E-state index in [9.17, 15) is 4.79 Å². The van der Waals surface area contributed by atoms with Gasteiger partial charge in [0.25, 0.3) is 5.91 Å². The third-order valence-corrected chi connectivity index (χ3v) is 2.08. The van der Waals surface area contributed by atoms with Crippen LogP contribution in [0.3, 0.4) is 0 Å². The van der Waals surface area contributed by atoms with Gasteiger partial charge in [0.2, 0.25) is 0 Å². The minimum atomic E-state index is 0.0884. The normalized spacial score (nSPS) is 11.2. The van der Waals surface area contributed by atoms with Crippen molar-refractivity contribution in [1.82, 2.24) is 4.90 Å². The smallest absolute Gasteiger partial charge is 0.253 e. The number of amides is 1. The number of benzene rings is 1. The van der Waals surface area contributed by atoms with Gasteiger partial charge in [-0.15, -0.1) is 0 Å². The Bertz CT molecular complexity index is 324. The van der Waals surface area contributed by atoms with Crippen LogP contribution in [0.25, 0.3) is 0 Å². The zero-order valence-electron chi connectivity index (χ0n) is 9.95. The van der Waals surface area contributed by atoms with E-state index in [4.69, 9.17) is 0 Å². The Labute approximate surface area is 91.9 Å². The fraction of sp³-hybridized carbons (Fsp3) is 0.462. The summed E-state index contributed by atoms with van der Waals surface area (Å²) < 4.78 is 0. The maximum Gasteiger partial charge on any atom is 0.253 e. The summed E-state index contributed by atoms with van der Waals surface area (Å²) in [6.07, 6.45) is 0. The number of hydrogen-bond acceptors (Lipinski definition) is 1. The molecule has 15 heavy (non-hydrogen) atoms. The van der Waals surface area contributed by atoms with Gasteiger partial charge in [0.05, 0.1) is 0 Å². The fourth-order valence-corrected chi connectivity index (χ4v) is 1.58. The predicted molar refractivity (Wildman–Crippen MR) is 62.9 cm³/mol. The quantitative estimate of drug-likeness (QED) is 0.727. The standard InChI is InChI=1S/C13H19NO/c1-13(2,3)10-14(4)12(15)11-8-6-5-7-9-11/h5-9H,10H2,1-4H3. The third-order valence-electron chi connectivity index (χ3n) is 2.08. The maximum atomic E-state index is 11.9. The first-order valence-electron chi connectivity index (χ1n) is 5.21. The highest BCUT2D eigenvalue weighted by molar-refractivity contribution is 5.93. The van der Waals surface area contributed by atoms with Crippen molar-refractivity contribution in [3.05, 3.63) is 35.9 Å². The summed E-state index contributed by atoms with van der Waals surface area (Å²) in [6.45, 7) is 7.14. The van der Waals surface area contributed by atoms with Crippen LogP contribution >= 0.6 is 0 Å². The first-order valence-corrected chi connectivity index (χ1v) is 5.21. The monoisotopic (exact) mass is 205 g/mol. The Morgan fingerprint density at radius 3 is 2.20 bits per heavy atom. The van der Waals surface area contributed by atoms with Crippen LogP contribution < -0.4 is 0 Å². The third kappa shape index (κ3) is 3.74. The van der Waals surface area contributed by atoms with Crippen molar-refractivity contribution >= 4 is 5.91 Å². The van der Waals surface area contributed by atoms with E-state index in [1.165, 1.54) is 0 Å². The van der Waals surface area contributed by atoms with Crippen molar-refractivity contribution < 1.29 is 4.79 Å². The molecule has 2 heteroatoms. The molecule has 0 atom stereocenters. The Morgan fingerprint density at radius 1 is 1.20 bits per heavy atom. The number of hydrogen-bond donors (Lipinski definition) is 0. The fourth-order valence-electron chi connectivity index (χ4n) is 1.58. The molecular formula is C13H19NO. The van der Waals surface area contributed by atoms with E-state index in [2.05, 4.69) is 20.8 Å². The molecule has 1 rings (SSSR count). The van der Waals surface area contributed by atoms with E-state index < -0.39 is 0 Å². The number of nitrogens with zero attached hydrogens (tertiary/aromatic N) is 1. The Morgan fingerprint density at radius 2 is 1.73 bits per heavy atom. The molecule has 1 amide bonds. The highest BCUT2D eigenvalue weighted by Crippen LogP contribution is 2.15. The van der Waals surface area contributed by atoms with Crippen LogP contribution in [0.2, 0.25) is 0 Å². The molecule has 0 aliphatic carbocycles. The Kier molecular flexibility index (Phi) is 3.51. The van der Waals surface area contributed by atoms with Crippen LogP contribution in [0.5, 0.6) is 0 Å². The molecule has 0 heterocycles. The summed E-state index contributed by atoms with van der Waals surface area (Å²) in [6, 6.07) is 9.39. The van der Waals surface area contributed by atoms with Crippen LogP contribution in [0, 0.1) is 5.41 Å². The second kappa shape index (κ2) is 4.47. The SMILES string of the molecule is CN(CC(C)(C)C)C(=O)c1ccccc1. The van der Waals surface area contributed by atoms with Gasteiger partial charge in [-0.05, 0) is 17.5 Å². The molecule has 0 radical (unpaired) electrons. The van der Waals surface area contributed by atoms with Gasteiger partial charge >= 0.3 is 0 Å². The van der Waals surface area contributed by atoms with Crippen molar-refractivity contribution in [3.63, 3.8) is 0 Å². The molecule has 1 aromatic carbocycles. The van der Waals surface area contributed by atoms with E-state index in [1.807, 2.05) is 37.4 Å². The van der Waals surface area contributed by atoms with Crippen LogP contribution in [0.1, 0.15) is 31.1 Å². The minimum absolute atomic E-state index is 0.0884. The van der Waals surface area contributed by atoms with Crippen LogP contribution in [-0.2, 0) is 0 Å². The van der Waals surface area contributed by atoms with Crippen molar-refractivity contribution in [2.75, 3.05) is 13.6 Å². The lowest BCUT2D eigenvalue weighted by Crippen LogP contribution is -2.34. The molecule has 0 spiro atoms. The van der Waals surface area contributed by atoms with Gasteiger partial charge < -0.3 is 4.90 Å². The van der Waals surface area contributed by atoms with E-state index in [1.54, 1.807) is 4.90 Å². The summed E-state index contributed by atoms with van der Waals surface area (Å²) in [4.78, 5) is 13.7. The van der Waals surface area contributed by atoms with E-state index >= 15 is 0 Å². The number of rotatable bonds is 2. The molecule has 2 nitrogen and oxygen atoms in total. The molecule has 0 aromatic heterocycles. The molecule has 0 aliphatic heterocycles. The molecule has 0 unspecified atom stereocenters. The predicted octanol–water partition coefficient (Wildman–Crippen LogP) is 2.80. The van der Waals surface area contributed by atoms with E-state index in [-0.39, 0.29) is 11.3 Å². The maximum absolute atomic E-state index is 11.9. The molecule has 0 saturated heterocycles. The topological polar surface area (TPSA) is 20.3 Å².